The van der Waals surface area contributed by atoms with Crippen LogP contribution in [0.3, 0.4) is 0 Å². The van der Waals surface area contributed by atoms with Gasteiger partial charge in [0, 0.05) is 5.92 Å². The van der Waals surface area contributed by atoms with E-state index in [1.54, 1.807) is 50.2 Å². The van der Waals surface area contributed by atoms with Crippen molar-refractivity contribution in [2.75, 3.05) is 9.80 Å². The van der Waals surface area contributed by atoms with Gasteiger partial charge in [-0.05, 0) is 80.1 Å². The van der Waals surface area contributed by atoms with E-state index in [0.717, 1.165) is 22.1 Å². The fraction of sp³-hybridized carbons (Fsp3) is 0.294. The van der Waals surface area contributed by atoms with Crippen molar-refractivity contribution in [2.24, 2.45) is 29.1 Å². The topological polar surface area (TPSA) is 95.0 Å². The highest BCUT2D eigenvalue weighted by Gasteiger charge is 2.67. The number of imide groups is 2. The largest absolute Gasteiger partial charge is 0.508 e. The zero-order valence-corrected chi connectivity index (χ0v) is 24.2. The number of rotatable bonds is 3. The van der Waals surface area contributed by atoms with Crippen LogP contribution in [0.25, 0.3) is 0 Å². The lowest BCUT2D eigenvalue weighted by Crippen LogP contribution is -2.48. The molecule has 4 amide bonds. The molecule has 4 aliphatic rings. The Morgan fingerprint density at radius 3 is 2.33 bits per heavy atom. The van der Waals surface area contributed by atoms with Crippen LogP contribution in [0.1, 0.15) is 36.8 Å². The van der Waals surface area contributed by atoms with Gasteiger partial charge in [0.2, 0.25) is 23.6 Å². The first kappa shape index (κ1) is 27.5. The van der Waals surface area contributed by atoms with Crippen molar-refractivity contribution in [3.8, 4) is 5.75 Å². The molecule has 0 spiro atoms. The van der Waals surface area contributed by atoms with Gasteiger partial charge >= 0.3 is 0 Å². The molecule has 2 aliphatic carbocycles. The Kier molecular flexibility index (Phi) is 6.15. The number of hydrogen-bond acceptors (Lipinski definition) is 5. The Bertz CT molecular complexity index is 1770. The summed E-state index contributed by atoms with van der Waals surface area (Å²) in [6.45, 7) is 3.53. The number of phenols is 1. The molecule has 0 bridgehead atoms. The number of hydrogen-bond donors (Lipinski definition) is 1. The zero-order chi connectivity index (χ0) is 30.4. The van der Waals surface area contributed by atoms with Crippen LogP contribution < -0.4 is 9.80 Å². The maximum absolute atomic E-state index is 14.4. The van der Waals surface area contributed by atoms with Gasteiger partial charge in [0.1, 0.15) is 11.6 Å². The average molecular weight is 599 g/mol. The van der Waals surface area contributed by atoms with Crippen LogP contribution in [0, 0.1) is 41.8 Å². The highest BCUT2D eigenvalue weighted by molar-refractivity contribution is 6.32. The third kappa shape index (κ3) is 3.78. The zero-order valence-electron chi connectivity index (χ0n) is 23.5. The molecule has 9 heteroatoms. The van der Waals surface area contributed by atoms with Crippen LogP contribution in [0.15, 0.2) is 78.4 Å². The smallest absolute Gasteiger partial charge is 0.241 e. The number of aromatic hydroxyl groups is 1. The fourth-order valence-electron chi connectivity index (χ4n) is 7.96. The Morgan fingerprint density at radius 1 is 0.884 bits per heavy atom. The molecule has 7 rings (SSSR count). The summed E-state index contributed by atoms with van der Waals surface area (Å²) >= 11 is 6.06. The summed E-state index contributed by atoms with van der Waals surface area (Å²) in [4.78, 5) is 58.7. The van der Waals surface area contributed by atoms with Gasteiger partial charge in [-0.3, -0.25) is 24.1 Å². The number of phenolic OH excluding ortho intramolecular Hbond substituents is 1. The molecule has 0 radical (unpaired) electrons. The molecule has 0 unspecified atom stereocenters. The van der Waals surface area contributed by atoms with E-state index in [-0.39, 0.29) is 34.7 Å². The van der Waals surface area contributed by atoms with Gasteiger partial charge in [-0.15, -0.1) is 0 Å². The molecule has 1 saturated carbocycles. The van der Waals surface area contributed by atoms with E-state index in [2.05, 4.69) is 0 Å². The van der Waals surface area contributed by atoms with E-state index in [9.17, 15) is 28.7 Å². The molecule has 3 aromatic rings. The van der Waals surface area contributed by atoms with Gasteiger partial charge in [-0.1, -0.05) is 53.6 Å². The second-order valence-corrected chi connectivity index (χ2v) is 12.6. The maximum atomic E-state index is 14.4. The van der Waals surface area contributed by atoms with Crippen molar-refractivity contribution in [3.63, 3.8) is 0 Å². The van der Waals surface area contributed by atoms with Crippen LogP contribution in [0.5, 0.6) is 5.75 Å². The Hall–Kier alpha value is -4.30. The molecule has 2 heterocycles. The molecule has 7 nitrogen and oxygen atoms in total. The Labute approximate surface area is 252 Å². The number of carbonyl (C=O) groups is 4. The number of aryl methyl sites for hydroxylation is 1. The summed E-state index contributed by atoms with van der Waals surface area (Å²) in [6, 6.07) is 17.7. The standard InChI is InChI=1S/C34H28ClFN2O5/c1-17-14-18(8-13-27(17)39)29-21-10-11-22-28(32(42)37(30(22)40)19-6-4-3-5-7-19)23(21)16-24-31(41)38(33(43)34(24,29)2)20-9-12-26(36)25(35)15-20/h3-10,12-15,22-24,28-29,39H,11,16H2,1-2H3/t22-,23+,24-,28-,29-,34+/m0/s1. The van der Waals surface area contributed by atoms with Crippen molar-refractivity contribution in [2.45, 2.75) is 32.6 Å². The number of anilines is 2. The van der Waals surface area contributed by atoms with Gasteiger partial charge in [-0.2, -0.15) is 0 Å². The van der Waals surface area contributed by atoms with Crippen molar-refractivity contribution in [1.82, 2.24) is 0 Å². The lowest BCUT2D eigenvalue weighted by atomic mass is 9.51. The molecule has 3 aromatic carbocycles. The Morgan fingerprint density at radius 2 is 1.63 bits per heavy atom. The van der Waals surface area contributed by atoms with Gasteiger partial charge in [0.15, 0.2) is 0 Å². The minimum atomic E-state index is -1.25. The molecular weight excluding hydrogens is 571 g/mol. The number of fused-ring (bicyclic) bond motifs is 4. The number of amides is 4. The van der Waals surface area contributed by atoms with Crippen LogP contribution in [-0.4, -0.2) is 28.7 Å². The first-order valence-electron chi connectivity index (χ1n) is 14.3. The lowest BCUT2D eigenvalue weighted by Gasteiger charge is -2.49. The number of halogens is 2. The van der Waals surface area contributed by atoms with Gasteiger partial charge in [-0.25, -0.2) is 9.29 Å². The van der Waals surface area contributed by atoms with E-state index in [1.807, 2.05) is 18.2 Å². The summed E-state index contributed by atoms with van der Waals surface area (Å²) in [7, 11) is 0. The molecule has 2 aliphatic heterocycles. The molecule has 218 valence electrons. The average Bonchev–Trinajstić information content (AvgIpc) is 3.36. The Balaban J connectivity index is 1.38. The summed E-state index contributed by atoms with van der Waals surface area (Å²) in [5.74, 6) is -5.19. The minimum Gasteiger partial charge on any atom is -0.508 e. The van der Waals surface area contributed by atoms with Gasteiger partial charge < -0.3 is 5.11 Å². The first-order chi connectivity index (χ1) is 20.5. The van der Waals surface area contributed by atoms with Crippen molar-refractivity contribution >= 4 is 46.6 Å². The van der Waals surface area contributed by atoms with E-state index < -0.39 is 52.6 Å². The molecule has 2 saturated heterocycles. The number of allylic oxidation sites excluding steroid dienone is 2. The van der Waals surface area contributed by atoms with Gasteiger partial charge in [0.05, 0.1) is 39.6 Å². The third-order valence-electron chi connectivity index (χ3n) is 10.0. The highest BCUT2D eigenvalue weighted by Crippen LogP contribution is 2.63. The van der Waals surface area contributed by atoms with Gasteiger partial charge in [0.25, 0.3) is 0 Å². The van der Waals surface area contributed by atoms with Crippen LogP contribution >= 0.6 is 11.6 Å². The highest BCUT2D eigenvalue weighted by atomic mass is 35.5. The molecule has 0 aromatic heterocycles. The van der Waals surface area contributed by atoms with E-state index in [1.165, 1.54) is 17.0 Å². The molecular formula is C34H28ClFN2O5. The summed E-state index contributed by atoms with van der Waals surface area (Å²) < 4.78 is 14.0. The summed E-state index contributed by atoms with van der Waals surface area (Å²) in [5, 5.41) is 10.1. The molecule has 43 heavy (non-hydrogen) atoms. The summed E-state index contributed by atoms with van der Waals surface area (Å²) in [5.41, 5.74) is 1.62. The van der Waals surface area contributed by atoms with E-state index in [4.69, 9.17) is 11.6 Å². The number of benzene rings is 3. The van der Waals surface area contributed by atoms with Crippen molar-refractivity contribution in [1.29, 1.82) is 0 Å². The SMILES string of the molecule is Cc1cc([C@H]2C3=CC[C@@H]4C(=O)N(c5ccccc5)C(=O)[C@@H]4[C@@H]3C[C@H]3C(=O)N(c4ccc(F)c(Cl)c4)C(=O)[C@@]23C)ccc1O. The minimum absolute atomic E-state index is 0.0991. The van der Waals surface area contributed by atoms with Crippen LogP contribution in [0.2, 0.25) is 5.02 Å². The quantitative estimate of drug-likeness (QED) is 0.298. The third-order valence-corrected chi connectivity index (χ3v) is 10.3. The number of nitrogens with zero attached hydrogens (tertiary/aromatic N) is 2. The predicted octanol–water partition coefficient (Wildman–Crippen LogP) is 5.93. The number of para-hydroxylation sites is 1. The van der Waals surface area contributed by atoms with Crippen LogP contribution in [0.4, 0.5) is 15.8 Å². The fourth-order valence-corrected chi connectivity index (χ4v) is 8.13. The maximum Gasteiger partial charge on any atom is 0.241 e. The molecule has 1 N–H and O–H groups in total. The van der Waals surface area contributed by atoms with Crippen LogP contribution in [-0.2, 0) is 19.2 Å². The van der Waals surface area contributed by atoms with E-state index in [0.29, 0.717) is 17.7 Å². The van der Waals surface area contributed by atoms with Crippen molar-refractivity contribution < 1.29 is 28.7 Å². The summed E-state index contributed by atoms with van der Waals surface area (Å²) in [6.07, 6.45) is 2.52. The van der Waals surface area contributed by atoms with E-state index >= 15 is 0 Å². The molecule has 3 fully saturated rings. The first-order valence-corrected chi connectivity index (χ1v) is 14.7. The predicted molar refractivity (Wildman–Crippen MR) is 158 cm³/mol. The number of carbonyl (C=O) groups excluding carboxylic acids is 4. The monoisotopic (exact) mass is 598 g/mol. The second kappa shape index (κ2) is 9.61. The normalized spacial score (nSPS) is 29.9. The van der Waals surface area contributed by atoms with Crippen molar-refractivity contribution in [3.05, 3.63) is 100 Å². The molecule has 6 atom stereocenters. The second-order valence-electron chi connectivity index (χ2n) is 12.2. The lowest BCUT2D eigenvalue weighted by molar-refractivity contribution is -0.131.